The maximum absolute atomic E-state index is 15.3. The monoisotopic (exact) mass is 428 g/mol. The van der Waals surface area contributed by atoms with Crippen molar-refractivity contribution in [1.29, 1.82) is 0 Å². The Bertz CT molecular complexity index is 1050. The highest BCUT2D eigenvalue weighted by Crippen LogP contribution is 2.37. The Balaban J connectivity index is 1.55. The summed E-state index contributed by atoms with van der Waals surface area (Å²) in [4.78, 5) is 10.2. The van der Waals surface area contributed by atoms with Crippen molar-refractivity contribution < 1.29 is 17.9 Å². The molecule has 0 aliphatic carbocycles. The number of alkyl halides is 2. The van der Waals surface area contributed by atoms with Gasteiger partial charge in [0, 0.05) is 30.7 Å². The second-order valence-corrected chi connectivity index (χ2v) is 7.89. The maximum Gasteiger partial charge on any atom is 0.270 e. The molecular weight excluding hydrogens is 405 g/mol. The van der Waals surface area contributed by atoms with Gasteiger partial charge in [-0.25, -0.2) is 23.1 Å². The summed E-state index contributed by atoms with van der Waals surface area (Å²) >= 11 is 0. The summed E-state index contributed by atoms with van der Waals surface area (Å²) in [6, 6.07) is 9.55. The van der Waals surface area contributed by atoms with Crippen LogP contribution in [0.25, 0.3) is 0 Å². The molecule has 4 rings (SSSR count). The van der Waals surface area contributed by atoms with E-state index in [1.54, 1.807) is 18.2 Å². The zero-order valence-corrected chi connectivity index (χ0v) is 17.1. The summed E-state index contributed by atoms with van der Waals surface area (Å²) in [7, 11) is 0. The van der Waals surface area contributed by atoms with E-state index in [9.17, 15) is 14.0 Å². The van der Waals surface area contributed by atoms with Crippen molar-refractivity contribution in [3.8, 4) is 0 Å². The van der Waals surface area contributed by atoms with E-state index < -0.39 is 11.7 Å². The van der Waals surface area contributed by atoms with Gasteiger partial charge in [0.15, 0.2) is 24.0 Å². The Morgan fingerprint density at radius 2 is 1.94 bits per heavy atom. The molecule has 0 saturated carbocycles. The summed E-state index contributed by atoms with van der Waals surface area (Å²) in [5.74, 6) is -3.15. The molecule has 0 spiro atoms. The lowest BCUT2D eigenvalue weighted by molar-refractivity contribution is -0.605. The standard InChI is InChI=1S/C23H23F3N4O/c1-23(25,26)18-9-7-17(8-10-18)20-5-3-13-30(20)22-21(24)19(27-15-28-22)11-6-16-4-2-12-29(31)14-16/h2,4,7-10,12,14-15,20H,3,5-6,11,13H2,1H3. The topological polar surface area (TPSA) is 56.0 Å². The number of aromatic nitrogens is 3. The van der Waals surface area contributed by atoms with Gasteiger partial charge in [-0.1, -0.05) is 24.3 Å². The molecule has 0 amide bonds. The van der Waals surface area contributed by atoms with Crippen molar-refractivity contribution in [2.45, 2.75) is 44.6 Å². The number of benzene rings is 1. The van der Waals surface area contributed by atoms with Gasteiger partial charge in [0.2, 0.25) is 0 Å². The summed E-state index contributed by atoms with van der Waals surface area (Å²) < 4.78 is 43.0. The highest BCUT2D eigenvalue weighted by Gasteiger charge is 2.31. The van der Waals surface area contributed by atoms with Crippen molar-refractivity contribution in [3.63, 3.8) is 0 Å². The van der Waals surface area contributed by atoms with Crippen LogP contribution in [0.5, 0.6) is 0 Å². The van der Waals surface area contributed by atoms with Gasteiger partial charge in [-0.05, 0) is 37.3 Å². The number of aryl methyl sites for hydroxylation is 2. The first-order chi connectivity index (χ1) is 14.8. The van der Waals surface area contributed by atoms with Crippen LogP contribution in [-0.4, -0.2) is 16.5 Å². The largest absolute Gasteiger partial charge is 0.619 e. The molecule has 1 aliphatic rings. The number of anilines is 1. The van der Waals surface area contributed by atoms with E-state index in [4.69, 9.17) is 0 Å². The van der Waals surface area contributed by atoms with Gasteiger partial charge in [-0.3, -0.25) is 0 Å². The zero-order valence-electron chi connectivity index (χ0n) is 17.1. The molecule has 0 radical (unpaired) electrons. The van der Waals surface area contributed by atoms with E-state index in [1.807, 2.05) is 11.0 Å². The highest BCUT2D eigenvalue weighted by atomic mass is 19.3. The minimum absolute atomic E-state index is 0.0448. The van der Waals surface area contributed by atoms with Crippen molar-refractivity contribution in [2.24, 2.45) is 0 Å². The number of halogens is 3. The Morgan fingerprint density at radius 3 is 2.65 bits per heavy atom. The predicted molar refractivity (Wildman–Crippen MR) is 110 cm³/mol. The van der Waals surface area contributed by atoms with Gasteiger partial charge in [0.05, 0.1) is 11.7 Å². The van der Waals surface area contributed by atoms with Gasteiger partial charge in [-0.15, -0.1) is 0 Å². The van der Waals surface area contributed by atoms with Crippen molar-refractivity contribution >= 4 is 5.82 Å². The highest BCUT2D eigenvalue weighted by molar-refractivity contribution is 5.46. The average molecular weight is 428 g/mol. The molecule has 3 heterocycles. The van der Waals surface area contributed by atoms with Crippen LogP contribution in [0.3, 0.4) is 0 Å². The molecule has 0 N–H and O–H groups in total. The fourth-order valence-electron chi connectivity index (χ4n) is 4.05. The van der Waals surface area contributed by atoms with Crippen LogP contribution in [0.2, 0.25) is 0 Å². The SMILES string of the molecule is CC(F)(F)c1ccc(C2CCCN2c2ncnc(CCc3ccc[n+]([O-])c3)c2F)cc1. The molecule has 31 heavy (non-hydrogen) atoms. The molecule has 0 bridgehead atoms. The first kappa shape index (κ1) is 21.1. The van der Waals surface area contributed by atoms with Gasteiger partial charge in [0.25, 0.3) is 5.92 Å². The van der Waals surface area contributed by atoms with Gasteiger partial charge in [-0.2, -0.15) is 4.73 Å². The number of pyridine rings is 1. The minimum Gasteiger partial charge on any atom is -0.619 e. The van der Waals surface area contributed by atoms with E-state index >= 15 is 4.39 Å². The van der Waals surface area contributed by atoms with Crippen LogP contribution in [0.15, 0.2) is 55.1 Å². The van der Waals surface area contributed by atoms with E-state index in [-0.39, 0.29) is 23.1 Å². The third-order valence-corrected chi connectivity index (χ3v) is 5.66. The second kappa shape index (κ2) is 8.53. The average Bonchev–Trinajstić information content (AvgIpc) is 3.22. The Hall–Kier alpha value is -3.16. The summed E-state index contributed by atoms with van der Waals surface area (Å²) in [6.07, 6.45) is 6.66. The molecule has 3 aromatic rings. The predicted octanol–water partition coefficient (Wildman–Crippen LogP) is 4.49. The van der Waals surface area contributed by atoms with E-state index in [0.717, 1.165) is 30.9 Å². The molecule has 1 aromatic carbocycles. The molecule has 1 atom stereocenters. The molecule has 1 fully saturated rings. The lowest BCUT2D eigenvalue weighted by atomic mass is 10.0. The number of nitrogens with zero attached hydrogens (tertiary/aromatic N) is 4. The summed E-state index contributed by atoms with van der Waals surface area (Å²) in [5, 5.41) is 11.4. The first-order valence-corrected chi connectivity index (χ1v) is 10.2. The first-order valence-electron chi connectivity index (χ1n) is 10.2. The lowest BCUT2D eigenvalue weighted by Gasteiger charge is -2.27. The van der Waals surface area contributed by atoms with Crippen LogP contribution in [0.1, 0.15) is 48.2 Å². The van der Waals surface area contributed by atoms with Crippen LogP contribution < -0.4 is 9.63 Å². The normalized spacial score (nSPS) is 16.6. The molecular formula is C23H23F3N4O. The quantitative estimate of drug-likeness (QED) is 0.429. The molecule has 1 saturated heterocycles. The van der Waals surface area contributed by atoms with Crippen molar-refractivity contribution in [1.82, 2.24) is 9.97 Å². The zero-order chi connectivity index (χ0) is 22.0. The maximum atomic E-state index is 15.3. The summed E-state index contributed by atoms with van der Waals surface area (Å²) in [6.45, 7) is 1.49. The van der Waals surface area contributed by atoms with E-state index in [1.165, 1.54) is 30.9 Å². The molecule has 1 unspecified atom stereocenters. The Kier molecular flexibility index (Phi) is 5.80. The number of hydrogen-bond acceptors (Lipinski definition) is 4. The van der Waals surface area contributed by atoms with Crippen LogP contribution in [-0.2, 0) is 18.8 Å². The van der Waals surface area contributed by atoms with Gasteiger partial charge < -0.3 is 10.1 Å². The van der Waals surface area contributed by atoms with Crippen LogP contribution in [0, 0.1) is 11.0 Å². The third-order valence-electron chi connectivity index (χ3n) is 5.66. The summed E-state index contributed by atoms with van der Waals surface area (Å²) in [5.41, 5.74) is 1.90. The van der Waals surface area contributed by atoms with Crippen LogP contribution in [0.4, 0.5) is 19.0 Å². The number of rotatable bonds is 6. The second-order valence-electron chi connectivity index (χ2n) is 7.89. The molecule has 5 nitrogen and oxygen atoms in total. The third kappa shape index (κ3) is 4.62. The van der Waals surface area contributed by atoms with E-state index in [0.29, 0.717) is 24.1 Å². The fraction of sp³-hybridized carbons (Fsp3) is 0.348. The molecule has 8 heteroatoms. The minimum atomic E-state index is -2.90. The lowest BCUT2D eigenvalue weighted by Crippen LogP contribution is -2.26. The van der Waals surface area contributed by atoms with E-state index in [2.05, 4.69) is 9.97 Å². The Morgan fingerprint density at radius 1 is 1.16 bits per heavy atom. The molecule has 2 aromatic heterocycles. The van der Waals surface area contributed by atoms with Gasteiger partial charge >= 0.3 is 0 Å². The van der Waals surface area contributed by atoms with Crippen LogP contribution >= 0.6 is 0 Å². The van der Waals surface area contributed by atoms with Gasteiger partial charge in [0.1, 0.15) is 6.33 Å². The van der Waals surface area contributed by atoms with Crippen molar-refractivity contribution in [3.05, 3.63) is 88.5 Å². The number of hydrogen-bond donors (Lipinski definition) is 0. The smallest absolute Gasteiger partial charge is 0.270 e. The van der Waals surface area contributed by atoms with Crippen molar-refractivity contribution in [2.75, 3.05) is 11.4 Å². The molecule has 162 valence electrons. The Labute approximate surface area is 178 Å². The molecule has 1 aliphatic heterocycles. The fourth-order valence-corrected chi connectivity index (χ4v) is 4.05.